The van der Waals surface area contributed by atoms with Crippen LogP contribution in [0.15, 0.2) is 109 Å². The first-order valence-corrected chi connectivity index (χ1v) is 16.5. The predicted molar refractivity (Wildman–Crippen MR) is 178 cm³/mol. The van der Waals surface area contributed by atoms with Crippen molar-refractivity contribution in [2.75, 3.05) is 38.1 Å². The predicted octanol–water partition coefficient (Wildman–Crippen LogP) is 4.80. The Balaban J connectivity index is 1.30. The maximum atomic E-state index is 14.0. The minimum absolute atomic E-state index is 0.195. The molecule has 1 fully saturated rings. The third-order valence-corrected chi connectivity index (χ3v) is 10.3. The van der Waals surface area contributed by atoms with E-state index in [2.05, 4.69) is 38.1 Å². The number of fused-ring (bicyclic) bond motifs is 2. The van der Waals surface area contributed by atoms with Gasteiger partial charge < -0.3 is 9.80 Å². The molecule has 230 valence electrons. The molecular formula is C34H31N9O2S. The van der Waals surface area contributed by atoms with Crippen LogP contribution >= 0.6 is 0 Å². The van der Waals surface area contributed by atoms with E-state index >= 15 is 0 Å². The monoisotopic (exact) mass is 629 g/mol. The number of hydrogen-bond donors (Lipinski definition) is 0. The maximum absolute atomic E-state index is 14.0. The van der Waals surface area contributed by atoms with Crippen molar-refractivity contribution in [1.82, 2.24) is 38.2 Å². The molecule has 0 saturated carbocycles. The minimum Gasteiger partial charge on any atom is -0.354 e. The van der Waals surface area contributed by atoms with Crippen LogP contribution in [0.4, 0.5) is 5.82 Å². The number of anilines is 1. The number of nitrogens with zero attached hydrogens (tertiary/aromatic N) is 9. The lowest BCUT2D eigenvalue weighted by Gasteiger charge is -2.33. The normalized spacial score (nSPS) is 14.4. The first-order chi connectivity index (χ1) is 22.3. The quantitative estimate of drug-likeness (QED) is 0.258. The van der Waals surface area contributed by atoms with Gasteiger partial charge in [-0.25, -0.2) is 26.9 Å². The molecule has 0 unspecified atom stereocenters. The van der Waals surface area contributed by atoms with Gasteiger partial charge in [0.15, 0.2) is 5.65 Å². The highest BCUT2D eigenvalue weighted by Gasteiger charge is 2.24. The summed E-state index contributed by atoms with van der Waals surface area (Å²) in [5.74, 6) is 0.921. The summed E-state index contributed by atoms with van der Waals surface area (Å²) in [5, 5.41) is 9.60. The lowest BCUT2D eigenvalue weighted by molar-refractivity contribution is 0.312. The number of aryl methyl sites for hydroxylation is 1. The number of pyridine rings is 3. The summed E-state index contributed by atoms with van der Waals surface area (Å²) >= 11 is 0. The molecule has 1 aliphatic heterocycles. The fraction of sp³-hybridized carbons (Fsp3) is 0.176. The number of piperazine rings is 1. The number of rotatable bonds is 6. The Kier molecular flexibility index (Phi) is 6.69. The van der Waals surface area contributed by atoms with Gasteiger partial charge in [-0.1, -0.05) is 18.2 Å². The zero-order valence-corrected chi connectivity index (χ0v) is 26.2. The smallest absolute Gasteiger partial charge is 0.269 e. The first kappa shape index (κ1) is 28.2. The molecule has 1 aliphatic rings. The number of benzene rings is 1. The van der Waals surface area contributed by atoms with E-state index in [4.69, 9.17) is 4.98 Å². The van der Waals surface area contributed by atoms with Crippen LogP contribution in [0.5, 0.6) is 0 Å². The minimum atomic E-state index is -3.93. The van der Waals surface area contributed by atoms with Crippen molar-refractivity contribution in [2.24, 2.45) is 7.05 Å². The van der Waals surface area contributed by atoms with Crippen LogP contribution in [0.1, 0.15) is 0 Å². The van der Waals surface area contributed by atoms with Crippen LogP contribution in [-0.2, 0) is 17.1 Å². The molecule has 0 amide bonds. The Hall–Kier alpha value is -5.33. The molecule has 46 heavy (non-hydrogen) atoms. The van der Waals surface area contributed by atoms with Crippen LogP contribution < -0.4 is 4.90 Å². The summed E-state index contributed by atoms with van der Waals surface area (Å²) in [6, 6.07) is 18.5. The SMILES string of the molecule is CN1CCN(c2cc(-c3cnc4c(c3)c(-c3ccn5ncc(-c6cnn(C)c6)c5c3)cn4S(=O)(=O)c3ccccc3)ccn2)CC1. The van der Waals surface area contributed by atoms with Gasteiger partial charge in [-0.05, 0) is 60.6 Å². The largest absolute Gasteiger partial charge is 0.354 e. The lowest BCUT2D eigenvalue weighted by atomic mass is 10.0. The molecular weight excluding hydrogens is 599 g/mol. The second-order valence-corrected chi connectivity index (χ2v) is 13.5. The second-order valence-electron chi connectivity index (χ2n) is 11.7. The Morgan fingerprint density at radius 3 is 2.33 bits per heavy atom. The van der Waals surface area contributed by atoms with Crippen LogP contribution in [0.25, 0.3) is 49.9 Å². The summed E-state index contributed by atoms with van der Waals surface area (Å²) in [6.45, 7) is 3.78. The number of hydrogen-bond acceptors (Lipinski definition) is 8. The lowest BCUT2D eigenvalue weighted by Crippen LogP contribution is -2.44. The Morgan fingerprint density at radius 2 is 1.54 bits per heavy atom. The van der Waals surface area contributed by atoms with E-state index in [9.17, 15) is 8.42 Å². The maximum Gasteiger partial charge on any atom is 0.269 e. The molecule has 0 radical (unpaired) electrons. The van der Waals surface area contributed by atoms with Crippen molar-refractivity contribution in [3.8, 4) is 33.4 Å². The highest BCUT2D eigenvalue weighted by Crippen LogP contribution is 2.36. The van der Waals surface area contributed by atoms with E-state index in [1.165, 1.54) is 3.97 Å². The van der Waals surface area contributed by atoms with Crippen LogP contribution in [-0.4, -0.2) is 79.9 Å². The summed E-state index contributed by atoms with van der Waals surface area (Å²) < 4.78 is 32.8. The second kappa shape index (κ2) is 10.9. The summed E-state index contributed by atoms with van der Waals surface area (Å²) in [6.07, 6.45) is 12.7. The van der Waals surface area contributed by atoms with Crippen molar-refractivity contribution in [2.45, 2.75) is 4.90 Å². The van der Waals surface area contributed by atoms with Crippen LogP contribution in [0.3, 0.4) is 0 Å². The summed E-state index contributed by atoms with van der Waals surface area (Å²) in [4.78, 5) is 14.2. The molecule has 11 nitrogen and oxygen atoms in total. The van der Waals surface area contributed by atoms with Gasteiger partial charge >= 0.3 is 0 Å². The van der Waals surface area contributed by atoms with E-state index in [0.29, 0.717) is 5.65 Å². The molecule has 0 bridgehead atoms. The average molecular weight is 630 g/mol. The van der Waals surface area contributed by atoms with Gasteiger partial charge in [0.1, 0.15) is 5.82 Å². The zero-order valence-electron chi connectivity index (χ0n) is 25.4. The third kappa shape index (κ3) is 4.82. The molecule has 12 heteroatoms. The van der Waals surface area contributed by atoms with E-state index in [0.717, 1.165) is 76.3 Å². The van der Waals surface area contributed by atoms with E-state index < -0.39 is 10.0 Å². The molecule has 1 aromatic carbocycles. The third-order valence-electron chi connectivity index (χ3n) is 8.67. The topological polar surface area (TPSA) is 106 Å². The van der Waals surface area contributed by atoms with E-state index in [-0.39, 0.29) is 4.90 Å². The van der Waals surface area contributed by atoms with Crippen LogP contribution in [0.2, 0.25) is 0 Å². The Labute approximate surface area is 266 Å². The van der Waals surface area contributed by atoms with E-state index in [1.807, 2.05) is 66.8 Å². The highest BCUT2D eigenvalue weighted by atomic mass is 32.2. The van der Waals surface area contributed by atoms with Crippen molar-refractivity contribution in [3.05, 3.63) is 104 Å². The van der Waals surface area contributed by atoms with Gasteiger partial charge in [-0.3, -0.25) is 4.68 Å². The van der Waals surface area contributed by atoms with Gasteiger partial charge in [0, 0.05) is 91.9 Å². The molecule has 7 aromatic rings. The van der Waals surface area contributed by atoms with Gasteiger partial charge in [0.25, 0.3) is 10.0 Å². The molecule has 0 aliphatic carbocycles. The van der Waals surface area contributed by atoms with Crippen molar-refractivity contribution >= 4 is 32.4 Å². The fourth-order valence-electron chi connectivity index (χ4n) is 6.09. The highest BCUT2D eigenvalue weighted by molar-refractivity contribution is 7.90. The van der Waals surface area contributed by atoms with Crippen molar-refractivity contribution in [1.29, 1.82) is 0 Å². The summed E-state index contributed by atoms with van der Waals surface area (Å²) in [5.41, 5.74) is 6.55. The van der Waals surface area contributed by atoms with E-state index in [1.54, 1.807) is 47.4 Å². The number of likely N-dealkylation sites (N-methyl/N-ethyl adjacent to an activating group) is 1. The molecule has 6 aromatic heterocycles. The molecule has 7 heterocycles. The molecule has 0 N–H and O–H groups in total. The molecule has 1 saturated heterocycles. The summed E-state index contributed by atoms with van der Waals surface area (Å²) in [7, 11) is 0.0812. The first-order valence-electron chi connectivity index (χ1n) is 15.0. The van der Waals surface area contributed by atoms with Gasteiger partial charge in [-0.15, -0.1) is 0 Å². The Bertz CT molecular complexity index is 2330. The molecule has 0 atom stereocenters. The average Bonchev–Trinajstić information content (AvgIpc) is 3.82. The van der Waals surface area contributed by atoms with Crippen molar-refractivity contribution in [3.63, 3.8) is 0 Å². The Morgan fingerprint density at radius 1 is 0.717 bits per heavy atom. The molecule has 0 spiro atoms. The number of aromatic nitrogens is 7. The molecule has 8 rings (SSSR count). The van der Waals surface area contributed by atoms with Crippen molar-refractivity contribution < 1.29 is 8.42 Å². The van der Waals surface area contributed by atoms with Gasteiger partial charge in [-0.2, -0.15) is 10.2 Å². The van der Waals surface area contributed by atoms with Crippen LogP contribution in [0, 0.1) is 0 Å². The van der Waals surface area contributed by atoms with Gasteiger partial charge in [0.05, 0.1) is 22.8 Å². The standard InChI is InChI=1S/C34H31N9O2S/c1-39-12-14-41(15-13-39)33-18-24(8-10-35-33)26-16-29-31(23-43(34(29)36-19-26)46(44,45)28-6-4-3-5-7-28)25-9-11-42-32(17-25)30(21-38-42)27-20-37-40(2)22-27/h3-11,16-23H,12-15H2,1-2H3. The fourth-order valence-corrected chi connectivity index (χ4v) is 7.44. The zero-order chi connectivity index (χ0) is 31.4. The van der Waals surface area contributed by atoms with Gasteiger partial charge in [0.2, 0.25) is 0 Å².